The third-order valence-corrected chi connectivity index (χ3v) is 5.05. The molecule has 2 aliphatic rings. The Hall–Kier alpha value is -2.86. The smallest absolute Gasteiger partial charge is 0.251 e. The number of ether oxygens (including phenoxy) is 1. The maximum atomic E-state index is 13.2. The van der Waals surface area contributed by atoms with Crippen LogP contribution >= 0.6 is 0 Å². The molecule has 6 nitrogen and oxygen atoms in total. The lowest BCUT2D eigenvalue weighted by Crippen LogP contribution is -2.44. The Balaban J connectivity index is 1.55. The maximum Gasteiger partial charge on any atom is 0.251 e. The molecule has 1 aliphatic carbocycles. The predicted octanol–water partition coefficient (Wildman–Crippen LogP) is 2.59. The van der Waals surface area contributed by atoms with E-state index in [0.29, 0.717) is 37.9 Å². The van der Waals surface area contributed by atoms with Gasteiger partial charge in [-0.25, -0.2) is 0 Å². The van der Waals surface area contributed by atoms with Crippen LogP contribution in [0.2, 0.25) is 0 Å². The van der Waals surface area contributed by atoms with Gasteiger partial charge in [0.25, 0.3) is 5.91 Å². The molecule has 1 unspecified atom stereocenters. The van der Waals surface area contributed by atoms with Gasteiger partial charge in [-0.05, 0) is 36.6 Å². The molecule has 146 valence electrons. The Morgan fingerprint density at radius 2 is 1.75 bits per heavy atom. The van der Waals surface area contributed by atoms with Crippen molar-refractivity contribution in [2.75, 3.05) is 31.6 Å². The van der Waals surface area contributed by atoms with E-state index in [2.05, 4.69) is 10.6 Å². The molecule has 1 saturated heterocycles. The molecule has 2 aromatic carbocycles. The Morgan fingerprint density at radius 1 is 1.00 bits per heavy atom. The third kappa shape index (κ3) is 4.51. The topological polar surface area (TPSA) is 70.7 Å². The van der Waals surface area contributed by atoms with Gasteiger partial charge in [0.15, 0.2) is 0 Å². The second-order valence-electron chi connectivity index (χ2n) is 7.25. The zero-order chi connectivity index (χ0) is 19.3. The zero-order valence-corrected chi connectivity index (χ0v) is 15.8. The molecule has 1 aliphatic heterocycles. The van der Waals surface area contributed by atoms with Gasteiger partial charge in [0, 0.05) is 30.4 Å². The van der Waals surface area contributed by atoms with Gasteiger partial charge in [-0.3, -0.25) is 9.59 Å². The highest BCUT2D eigenvalue weighted by Crippen LogP contribution is 2.24. The average molecular weight is 379 g/mol. The lowest BCUT2D eigenvalue weighted by atomic mass is 10.0. The van der Waals surface area contributed by atoms with Gasteiger partial charge in [0.2, 0.25) is 5.91 Å². The van der Waals surface area contributed by atoms with Crippen molar-refractivity contribution in [3.8, 4) is 0 Å². The standard InChI is InChI=1S/C22H25N3O3/c26-21(24-18-9-10-18)17-7-4-8-19(15-17)23-20(16-5-2-1-3-6-16)22(27)25-11-13-28-14-12-25/h1-8,15,18,20,23H,9-14H2,(H,24,26). The molecule has 6 heteroatoms. The molecule has 1 atom stereocenters. The summed E-state index contributed by atoms with van der Waals surface area (Å²) in [5.41, 5.74) is 2.24. The van der Waals surface area contributed by atoms with Gasteiger partial charge in [-0.15, -0.1) is 0 Å². The summed E-state index contributed by atoms with van der Waals surface area (Å²) in [6.07, 6.45) is 2.10. The van der Waals surface area contributed by atoms with Crippen LogP contribution in [0.5, 0.6) is 0 Å². The molecule has 2 amide bonds. The summed E-state index contributed by atoms with van der Waals surface area (Å²) < 4.78 is 5.37. The molecule has 1 heterocycles. The van der Waals surface area contributed by atoms with Crippen molar-refractivity contribution in [2.24, 2.45) is 0 Å². The largest absolute Gasteiger partial charge is 0.378 e. The number of anilines is 1. The minimum Gasteiger partial charge on any atom is -0.378 e. The Kier molecular flexibility index (Phi) is 5.58. The van der Waals surface area contributed by atoms with Crippen LogP contribution in [0.4, 0.5) is 5.69 Å². The minimum absolute atomic E-state index is 0.0161. The summed E-state index contributed by atoms with van der Waals surface area (Å²) in [5, 5.41) is 6.35. The number of hydrogen-bond acceptors (Lipinski definition) is 4. The van der Waals surface area contributed by atoms with E-state index < -0.39 is 6.04 Å². The normalized spacial score (nSPS) is 17.6. The molecule has 1 saturated carbocycles. The number of carbonyl (C=O) groups excluding carboxylic acids is 2. The van der Waals surface area contributed by atoms with Crippen molar-refractivity contribution in [1.82, 2.24) is 10.2 Å². The van der Waals surface area contributed by atoms with Crippen molar-refractivity contribution in [3.63, 3.8) is 0 Å². The minimum atomic E-state index is -0.513. The first kappa shape index (κ1) is 18.5. The first-order valence-electron chi connectivity index (χ1n) is 9.79. The number of hydrogen-bond donors (Lipinski definition) is 2. The molecule has 2 fully saturated rings. The molecule has 28 heavy (non-hydrogen) atoms. The van der Waals surface area contributed by atoms with Gasteiger partial charge in [0.1, 0.15) is 6.04 Å². The third-order valence-electron chi connectivity index (χ3n) is 5.05. The quantitative estimate of drug-likeness (QED) is 0.809. The number of amides is 2. The second-order valence-corrected chi connectivity index (χ2v) is 7.25. The van der Waals surface area contributed by atoms with E-state index in [4.69, 9.17) is 4.74 Å². The van der Waals surface area contributed by atoms with Crippen molar-refractivity contribution < 1.29 is 14.3 Å². The Morgan fingerprint density at radius 3 is 2.46 bits per heavy atom. The lowest BCUT2D eigenvalue weighted by Gasteiger charge is -2.31. The molecule has 4 rings (SSSR count). The second kappa shape index (κ2) is 8.44. The number of carbonyl (C=O) groups is 2. The van der Waals surface area contributed by atoms with E-state index in [-0.39, 0.29) is 11.8 Å². The van der Waals surface area contributed by atoms with E-state index in [9.17, 15) is 9.59 Å². The zero-order valence-electron chi connectivity index (χ0n) is 15.8. The fourth-order valence-electron chi connectivity index (χ4n) is 3.31. The molecule has 0 spiro atoms. The first-order valence-corrected chi connectivity index (χ1v) is 9.79. The fraction of sp³-hybridized carbons (Fsp3) is 0.364. The SMILES string of the molecule is O=C(NC1CC1)c1cccc(NC(C(=O)N2CCOCC2)c2ccccc2)c1. The van der Waals surface area contributed by atoms with Crippen LogP contribution in [0.15, 0.2) is 54.6 Å². The van der Waals surface area contributed by atoms with Crippen LogP contribution in [0.25, 0.3) is 0 Å². The highest BCUT2D eigenvalue weighted by atomic mass is 16.5. The van der Waals surface area contributed by atoms with Gasteiger partial charge in [-0.2, -0.15) is 0 Å². The van der Waals surface area contributed by atoms with E-state index in [1.165, 1.54) is 0 Å². The Labute approximate surface area is 164 Å². The van der Waals surface area contributed by atoms with Crippen molar-refractivity contribution in [1.29, 1.82) is 0 Å². The van der Waals surface area contributed by atoms with E-state index in [0.717, 1.165) is 24.1 Å². The molecular formula is C22H25N3O3. The van der Waals surface area contributed by atoms with Crippen LogP contribution in [0, 0.1) is 0 Å². The summed E-state index contributed by atoms with van der Waals surface area (Å²) in [6.45, 7) is 2.30. The van der Waals surface area contributed by atoms with Gasteiger partial charge < -0.3 is 20.3 Å². The molecule has 0 aromatic heterocycles. The predicted molar refractivity (Wildman–Crippen MR) is 107 cm³/mol. The monoisotopic (exact) mass is 379 g/mol. The fourth-order valence-corrected chi connectivity index (χ4v) is 3.31. The van der Waals surface area contributed by atoms with Crippen molar-refractivity contribution in [2.45, 2.75) is 24.9 Å². The summed E-state index contributed by atoms with van der Waals surface area (Å²) >= 11 is 0. The molecule has 0 radical (unpaired) electrons. The summed E-state index contributed by atoms with van der Waals surface area (Å²) in [4.78, 5) is 27.4. The van der Waals surface area contributed by atoms with Gasteiger partial charge in [-0.1, -0.05) is 36.4 Å². The van der Waals surface area contributed by atoms with Crippen LogP contribution in [0.1, 0.15) is 34.8 Å². The van der Waals surface area contributed by atoms with Crippen LogP contribution < -0.4 is 10.6 Å². The van der Waals surface area contributed by atoms with E-state index >= 15 is 0 Å². The number of benzene rings is 2. The van der Waals surface area contributed by atoms with Gasteiger partial charge in [0.05, 0.1) is 13.2 Å². The molecule has 2 aromatic rings. The summed E-state index contributed by atoms with van der Waals surface area (Å²) in [7, 11) is 0. The maximum absolute atomic E-state index is 13.2. The number of rotatable bonds is 6. The number of nitrogens with one attached hydrogen (secondary N) is 2. The summed E-state index contributed by atoms with van der Waals surface area (Å²) in [5.74, 6) is -0.0516. The van der Waals surface area contributed by atoms with E-state index in [1.54, 1.807) is 12.1 Å². The molecule has 0 bridgehead atoms. The number of morpholine rings is 1. The molecule has 2 N–H and O–H groups in total. The van der Waals surface area contributed by atoms with Crippen molar-refractivity contribution in [3.05, 3.63) is 65.7 Å². The van der Waals surface area contributed by atoms with Crippen LogP contribution in [-0.4, -0.2) is 49.1 Å². The molecular weight excluding hydrogens is 354 g/mol. The highest BCUT2D eigenvalue weighted by Gasteiger charge is 2.28. The highest BCUT2D eigenvalue weighted by molar-refractivity contribution is 5.95. The van der Waals surface area contributed by atoms with E-state index in [1.807, 2.05) is 47.4 Å². The van der Waals surface area contributed by atoms with Crippen LogP contribution in [0.3, 0.4) is 0 Å². The lowest BCUT2D eigenvalue weighted by molar-refractivity contribution is -0.136. The van der Waals surface area contributed by atoms with Crippen LogP contribution in [-0.2, 0) is 9.53 Å². The first-order chi connectivity index (χ1) is 13.7. The summed E-state index contributed by atoms with van der Waals surface area (Å²) in [6, 6.07) is 16.8. The van der Waals surface area contributed by atoms with Crippen molar-refractivity contribution >= 4 is 17.5 Å². The number of nitrogens with zero attached hydrogens (tertiary/aromatic N) is 1. The Bertz CT molecular complexity index is 830. The average Bonchev–Trinajstić information content (AvgIpc) is 3.57. The van der Waals surface area contributed by atoms with Gasteiger partial charge >= 0.3 is 0 Å².